The van der Waals surface area contributed by atoms with Gasteiger partial charge < -0.3 is 20.3 Å². The molecule has 7 heteroatoms. The van der Waals surface area contributed by atoms with Gasteiger partial charge in [0.25, 0.3) is 5.91 Å². The van der Waals surface area contributed by atoms with Gasteiger partial charge in [-0.15, -0.1) is 0 Å². The van der Waals surface area contributed by atoms with Crippen molar-refractivity contribution >= 4 is 23.3 Å². The molecule has 130 valence electrons. The van der Waals surface area contributed by atoms with Crippen LogP contribution in [-0.2, 0) is 9.53 Å². The van der Waals surface area contributed by atoms with Gasteiger partial charge in [-0.2, -0.15) is 0 Å². The summed E-state index contributed by atoms with van der Waals surface area (Å²) in [5.74, 6) is 0.396. The van der Waals surface area contributed by atoms with Crippen LogP contribution in [0, 0.1) is 0 Å². The molecule has 25 heavy (non-hydrogen) atoms. The number of methoxy groups -OCH3 is 1. The maximum Gasteiger partial charge on any atom is 0.256 e. The number of amides is 2. The highest BCUT2D eigenvalue weighted by Crippen LogP contribution is 2.30. The molecule has 0 fully saturated rings. The number of rotatable bonds is 5. The van der Waals surface area contributed by atoms with Crippen molar-refractivity contribution in [3.63, 3.8) is 0 Å². The normalized spacial score (nSPS) is 16.2. The minimum Gasteiger partial charge on any atom is -0.384 e. The Kier molecular flexibility index (Phi) is 4.95. The van der Waals surface area contributed by atoms with E-state index in [9.17, 15) is 9.59 Å². The molecule has 1 aromatic carbocycles. The van der Waals surface area contributed by atoms with E-state index in [0.29, 0.717) is 30.1 Å². The van der Waals surface area contributed by atoms with Gasteiger partial charge in [0.05, 0.1) is 18.6 Å². The number of ether oxygens (including phenoxy) is 1. The highest BCUT2D eigenvalue weighted by molar-refractivity contribution is 6.01. The first kappa shape index (κ1) is 16.9. The topological polar surface area (TPSA) is 83.6 Å². The first-order valence-electron chi connectivity index (χ1n) is 7.97. The summed E-state index contributed by atoms with van der Waals surface area (Å²) in [6.45, 7) is 0.384. The van der Waals surface area contributed by atoms with Gasteiger partial charge in [0, 0.05) is 26.0 Å². The summed E-state index contributed by atoms with van der Waals surface area (Å²) in [4.78, 5) is 30.2. The summed E-state index contributed by atoms with van der Waals surface area (Å²) < 4.78 is 4.89. The molecule has 2 amide bonds. The van der Waals surface area contributed by atoms with E-state index >= 15 is 0 Å². The van der Waals surface area contributed by atoms with Crippen LogP contribution in [0.25, 0.3) is 0 Å². The van der Waals surface area contributed by atoms with E-state index in [2.05, 4.69) is 15.6 Å². The van der Waals surface area contributed by atoms with Crippen LogP contribution < -0.4 is 15.5 Å². The molecule has 7 nitrogen and oxygen atoms in total. The van der Waals surface area contributed by atoms with Crippen LogP contribution in [0.5, 0.6) is 0 Å². The number of benzene rings is 1. The number of hydrogen-bond acceptors (Lipinski definition) is 5. The monoisotopic (exact) mass is 340 g/mol. The first-order chi connectivity index (χ1) is 12.1. The predicted octanol–water partition coefficient (Wildman–Crippen LogP) is 1.93. The molecule has 0 radical (unpaired) electrons. The molecule has 2 heterocycles. The maximum absolute atomic E-state index is 12.3. The Balaban J connectivity index is 1.75. The van der Waals surface area contributed by atoms with Crippen molar-refractivity contribution in [3.05, 3.63) is 53.7 Å². The van der Waals surface area contributed by atoms with E-state index < -0.39 is 0 Å². The van der Waals surface area contributed by atoms with Crippen LogP contribution in [0.15, 0.2) is 42.6 Å². The van der Waals surface area contributed by atoms with Gasteiger partial charge in [-0.25, -0.2) is 4.98 Å². The van der Waals surface area contributed by atoms with Gasteiger partial charge in [0.1, 0.15) is 12.0 Å². The Hall–Kier alpha value is -2.93. The molecular formula is C18H20N4O3. The lowest BCUT2D eigenvalue weighted by molar-refractivity contribution is -0.117. The molecule has 1 aliphatic rings. The first-order valence-corrected chi connectivity index (χ1v) is 7.97. The van der Waals surface area contributed by atoms with Crippen molar-refractivity contribution in [1.82, 2.24) is 10.3 Å². The second-order valence-corrected chi connectivity index (χ2v) is 5.77. The number of fused-ring (bicyclic) bond motifs is 1. The Labute approximate surface area is 146 Å². The summed E-state index contributed by atoms with van der Waals surface area (Å²) in [6.07, 6.45) is 1.67. The molecule has 2 aromatic rings. The number of anilines is 2. The largest absolute Gasteiger partial charge is 0.384 e. The number of pyridine rings is 1. The van der Waals surface area contributed by atoms with Crippen molar-refractivity contribution in [2.45, 2.75) is 12.6 Å². The van der Waals surface area contributed by atoms with Gasteiger partial charge in [0.15, 0.2) is 0 Å². The molecule has 0 aliphatic carbocycles. The molecule has 0 bridgehead atoms. The number of aromatic nitrogens is 1. The number of hydrogen-bond donors (Lipinski definition) is 2. The van der Waals surface area contributed by atoms with Crippen LogP contribution in [0.1, 0.15) is 28.5 Å². The van der Waals surface area contributed by atoms with Crippen molar-refractivity contribution < 1.29 is 14.3 Å². The summed E-state index contributed by atoms with van der Waals surface area (Å²) in [5.41, 5.74) is 2.17. The number of nitrogens with zero attached hydrogens (tertiary/aromatic N) is 2. The molecule has 1 aromatic heterocycles. The molecule has 0 saturated carbocycles. The molecule has 1 aliphatic heterocycles. The smallest absolute Gasteiger partial charge is 0.256 e. The van der Waals surface area contributed by atoms with E-state index in [1.807, 2.05) is 36.2 Å². The second kappa shape index (κ2) is 7.31. The number of carbonyl (C=O) groups is 2. The molecule has 2 N–H and O–H groups in total. The molecule has 0 spiro atoms. The summed E-state index contributed by atoms with van der Waals surface area (Å²) in [5, 5.41) is 5.78. The average Bonchev–Trinajstić information content (AvgIpc) is 2.64. The van der Waals surface area contributed by atoms with Crippen molar-refractivity contribution in [3.8, 4) is 0 Å². The minimum absolute atomic E-state index is 0.101. The van der Waals surface area contributed by atoms with Crippen LogP contribution in [0.4, 0.5) is 11.5 Å². The highest BCUT2D eigenvalue weighted by Gasteiger charge is 2.30. The van der Waals surface area contributed by atoms with Gasteiger partial charge in [-0.05, 0) is 29.8 Å². The van der Waals surface area contributed by atoms with E-state index in [1.165, 1.54) is 0 Å². The highest BCUT2D eigenvalue weighted by atomic mass is 16.5. The number of nitrogens with one attached hydrogen (secondary N) is 2. The van der Waals surface area contributed by atoms with Crippen LogP contribution >= 0.6 is 0 Å². The van der Waals surface area contributed by atoms with Crippen LogP contribution in [-0.4, -0.2) is 37.6 Å². The quantitative estimate of drug-likeness (QED) is 0.869. The van der Waals surface area contributed by atoms with E-state index in [1.54, 1.807) is 25.4 Å². The SMILES string of the molecule is COCCC(=O)Nc1ccc([C@@H]2NC(=O)c3cccnc3N2C)cc1. The fourth-order valence-electron chi connectivity index (χ4n) is 2.75. The zero-order chi connectivity index (χ0) is 17.8. The van der Waals surface area contributed by atoms with Crippen LogP contribution in [0.2, 0.25) is 0 Å². The molecule has 0 saturated heterocycles. The lowest BCUT2D eigenvalue weighted by Crippen LogP contribution is -2.45. The fourth-order valence-corrected chi connectivity index (χ4v) is 2.75. The lowest BCUT2D eigenvalue weighted by atomic mass is 10.1. The molecular weight excluding hydrogens is 320 g/mol. The average molecular weight is 340 g/mol. The van der Waals surface area contributed by atoms with E-state index in [-0.39, 0.29) is 18.0 Å². The Morgan fingerprint density at radius 1 is 1.32 bits per heavy atom. The lowest BCUT2D eigenvalue weighted by Gasteiger charge is -2.35. The fraction of sp³-hybridized carbons (Fsp3) is 0.278. The van der Waals surface area contributed by atoms with Crippen molar-refractivity contribution in [2.24, 2.45) is 0 Å². The van der Waals surface area contributed by atoms with Crippen molar-refractivity contribution in [1.29, 1.82) is 0 Å². The van der Waals surface area contributed by atoms with Crippen molar-refractivity contribution in [2.75, 3.05) is 31.0 Å². The standard InChI is InChI=1S/C18H20N4O3/c1-22-16(21-18(24)14-4-3-10-19-17(14)22)12-5-7-13(8-6-12)20-15(23)9-11-25-2/h3-8,10,16H,9,11H2,1-2H3,(H,20,23)(H,21,24)/t16-/m1/s1. The van der Waals surface area contributed by atoms with Gasteiger partial charge in [-0.3, -0.25) is 9.59 Å². The third kappa shape index (κ3) is 3.61. The minimum atomic E-state index is -0.312. The zero-order valence-electron chi connectivity index (χ0n) is 14.2. The predicted molar refractivity (Wildman–Crippen MR) is 94.4 cm³/mol. The third-order valence-electron chi connectivity index (χ3n) is 4.06. The molecule has 1 atom stereocenters. The Morgan fingerprint density at radius 2 is 2.08 bits per heavy atom. The molecule has 3 rings (SSSR count). The van der Waals surface area contributed by atoms with Crippen LogP contribution in [0.3, 0.4) is 0 Å². The third-order valence-corrected chi connectivity index (χ3v) is 4.06. The van der Waals surface area contributed by atoms with Gasteiger partial charge >= 0.3 is 0 Å². The Morgan fingerprint density at radius 3 is 2.80 bits per heavy atom. The summed E-state index contributed by atoms with van der Waals surface area (Å²) >= 11 is 0. The van der Waals surface area contributed by atoms with Gasteiger partial charge in [-0.1, -0.05) is 12.1 Å². The second-order valence-electron chi connectivity index (χ2n) is 5.77. The van der Waals surface area contributed by atoms with E-state index in [0.717, 1.165) is 5.56 Å². The zero-order valence-corrected chi connectivity index (χ0v) is 14.2. The number of carbonyl (C=O) groups excluding carboxylic acids is 2. The maximum atomic E-state index is 12.3. The summed E-state index contributed by atoms with van der Waals surface area (Å²) in [7, 11) is 3.44. The Bertz CT molecular complexity index is 776. The summed E-state index contributed by atoms with van der Waals surface area (Å²) in [6, 6.07) is 10.9. The molecule has 0 unspecified atom stereocenters. The van der Waals surface area contributed by atoms with E-state index in [4.69, 9.17) is 4.74 Å². The van der Waals surface area contributed by atoms with Gasteiger partial charge in [0.2, 0.25) is 5.91 Å².